The number of aldehydes is 1. The van der Waals surface area contributed by atoms with Gasteiger partial charge in [-0.2, -0.15) is 0 Å². The number of pyridine rings is 1. The smallest absolute Gasteiger partial charge is 0.170 e. The number of carbonyl (C=O) groups is 1. The molecule has 0 radical (unpaired) electrons. The average Bonchev–Trinajstić information content (AvgIpc) is 2.58. The van der Waals surface area contributed by atoms with E-state index in [1.807, 2.05) is 41.7 Å². The number of aromatic nitrogens is 2. The molecular weight excluding hydrogens is 178 g/mol. The number of hydrogen-bond donors (Lipinski definition) is 0. The van der Waals surface area contributed by atoms with Crippen molar-refractivity contribution in [1.29, 1.82) is 0 Å². The van der Waals surface area contributed by atoms with Gasteiger partial charge < -0.3 is 9.30 Å². The number of fused-ring (bicyclic) bond motifs is 1. The summed E-state index contributed by atoms with van der Waals surface area (Å²) in [7, 11) is 3.94. The fraction of sp³-hybridized carbons (Fsp3) is 0.200. The summed E-state index contributed by atoms with van der Waals surface area (Å²) in [6.07, 6.45) is 4.41. The molecule has 0 aromatic carbocycles. The first kappa shape index (κ1) is 8.74. The van der Waals surface area contributed by atoms with Crippen molar-refractivity contribution in [1.82, 2.24) is 9.38 Å². The lowest BCUT2D eigenvalue weighted by Gasteiger charge is -2.11. The van der Waals surface area contributed by atoms with Gasteiger partial charge in [0, 0.05) is 26.5 Å². The second-order valence-electron chi connectivity index (χ2n) is 3.33. The lowest BCUT2D eigenvalue weighted by atomic mass is 10.4. The first-order valence-electron chi connectivity index (χ1n) is 4.32. The summed E-state index contributed by atoms with van der Waals surface area (Å²) >= 11 is 0. The molecule has 4 heteroatoms. The molecule has 0 aliphatic rings. The molecular formula is C10H11N3O. The molecule has 0 bridgehead atoms. The second-order valence-corrected chi connectivity index (χ2v) is 3.33. The van der Waals surface area contributed by atoms with Gasteiger partial charge >= 0.3 is 0 Å². The van der Waals surface area contributed by atoms with Gasteiger partial charge in [0.15, 0.2) is 6.29 Å². The Morgan fingerprint density at radius 1 is 1.36 bits per heavy atom. The van der Waals surface area contributed by atoms with Gasteiger partial charge in [-0.05, 0) is 12.1 Å². The summed E-state index contributed by atoms with van der Waals surface area (Å²) in [5.41, 5.74) is 2.32. The molecule has 0 amide bonds. The first-order valence-corrected chi connectivity index (χ1v) is 4.32. The van der Waals surface area contributed by atoms with E-state index in [1.165, 1.54) is 0 Å². The van der Waals surface area contributed by atoms with Gasteiger partial charge in [0.2, 0.25) is 0 Å². The highest BCUT2D eigenvalue weighted by Crippen LogP contribution is 2.13. The van der Waals surface area contributed by atoms with Crippen LogP contribution < -0.4 is 4.90 Å². The maximum Gasteiger partial charge on any atom is 0.170 e. The number of hydrogen-bond acceptors (Lipinski definition) is 3. The third-order valence-electron chi connectivity index (χ3n) is 2.09. The van der Waals surface area contributed by atoms with Crippen molar-refractivity contribution in [2.45, 2.75) is 0 Å². The van der Waals surface area contributed by atoms with Crippen LogP contribution in [0.1, 0.15) is 10.5 Å². The van der Waals surface area contributed by atoms with E-state index in [9.17, 15) is 4.79 Å². The van der Waals surface area contributed by atoms with Gasteiger partial charge in [0.25, 0.3) is 0 Å². The molecule has 0 spiro atoms. The minimum Gasteiger partial charge on any atom is -0.376 e. The van der Waals surface area contributed by atoms with Gasteiger partial charge in [0.1, 0.15) is 11.3 Å². The summed E-state index contributed by atoms with van der Waals surface area (Å²) in [6.45, 7) is 0. The number of anilines is 1. The third kappa shape index (κ3) is 1.35. The Balaban J connectivity index is 2.59. The SMILES string of the molecule is CN(C)c1ccc2nc(C=O)cn2c1. The Labute approximate surface area is 81.8 Å². The lowest BCUT2D eigenvalue weighted by Crippen LogP contribution is -2.08. The molecule has 0 atom stereocenters. The van der Waals surface area contributed by atoms with Crippen LogP contribution in [0.2, 0.25) is 0 Å². The van der Waals surface area contributed by atoms with Crippen LogP contribution in [0.4, 0.5) is 5.69 Å². The Morgan fingerprint density at radius 2 is 2.14 bits per heavy atom. The van der Waals surface area contributed by atoms with Crippen molar-refractivity contribution in [3.05, 3.63) is 30.2 Å². The molecule has 14 heavy (non-hydrogen) atoms. The zero-order valence-corrected chi connectivity index (χ0v) is 8.14. The van der Waals surface area contributed by atoms with E-state index >= 15 is 0 Å². The van der Waals surface area contributed by atoms with Crippen molar-refractivity contribution >= 4 is 17.6 Å². The van der Waals surface area contributed by atoms with Crippen LogP contribution in [0.3, 0.4) is 0 Å². The van der Waals surface area contributed by atoms with Gasteiger partial charge in [0.05, 0.1) is 5.69 Å². The first-order chi connectivity index (χ1) is 6.70. The Bertz CT molecular complexity index is 473. The van der Waals surface area contributed by atoms with Crippen LogP contribution in [0.25, 0.3) is 5.65 Å². The van der Waals surface area contributed by atoms with E-state index in [0.717, 1.165) is 17.6 Å². The van der Waals surface area contributed by atoms with E-state index < -0.39 is 0 Å². The molecule has 0 aliphatic heterocycles. The predicted octanol–water partition coefficient (Wildman–Crippen LogP) is 1.21. The van der Waals surface area contributed by atoms with Gasteiger partial charge in [-0.1, -0.05) is 0 Å². The van der Waals surface area contributed by atoms with Crippen LogP contribution in [0.5, 0.6) is 0 Å². The third-order valence-corrected chi connectivity index (χ3v) is 2.09. The molecule has 2 rings (SSSR count). The Hall–Kier alpha value is -1.84. The van der Waals surface area contributed by atoms with Crippen molar-refractivity contribution in [2.24, 2.45) is 0 Å². The monoisotopic (exact) mass is 189 g/mol. The zero-order valence-electron chi connectivity index (χ0n) is 8.14. The summed E-state index contributed by atoms with van der Waals surface area (Å²) in [6, 6.07) is 3.86. The Morgan fingerprint density at radius 3 is 2.79 bits per heavy atom. The molecule has 0 saturated heterocycles. The molecule has 0 N–H and O–H groups in total. The van der Waals surface area contributed by atoms with E-state index in [1.54, 1.807) is 6.20 Å². The highest BCUT2D eigenvalue weighted by atomic mass is 16.1. The normalized spacial score (nSPS) is 10.4. The molecule has 2 heterocycles. The maximum atomic E-state index is 10.5. The highest BCUT2D eigenvalue weighted by molar-refractivity contribution is 5.73. The van der Waals surface area contributed by atoms with Crippen molar-refractivity contribution < 1.29 is 4.79 Å². The van der Waals surface area contributed by atoms with E-state index in [2.05, 4.69) is 4.98 Å². The van der Waals surface area contributed by atoms with Crippen LogP contribution in [-0.2, 0) is 0 Å². The van der Waals surface area contributed by atoms with Crippen LogP contribution in [-0.4, -0.2) is 29.8 Å². The molecule has 2 aromatic heterocycles. The molecule has 0 unspecified atom stereocenters. The van der Waals surface area contributed by atoms with Crippen LogP contribution in [0, 0.1) is 0 Å². The second kappa shape index (κ2) is 3.14. The largest absolute Gasteiger partial charge is 0.376 e. The quantitative estimate of drug-likeness (QED) is 0.666. The molecule has 0 fully saturated rings. The molecule has 0 aliphatic carbocycles. The Kier molecular flexibility index (Phi) is 1.96. The van der Waals surface area contributed by atoms with E-state index in [-0.39, 0.29) is 0 Å². The van der Waals surface area contributed by atoms with Gasteiger partial charge in [-0.15, -0.1) is 0 Å². The summed E-state index contributed by atoms with van der Waals surface area (Å²) < 4.78 is 1.85. The predicted molar refractivity (Wildman–Crippen MR) is 54.9 cm³/mol. The van der Waals surface area contributed by atoms with Gasteiger partial charge in [-0.3, -0.25) is 4.79 Å². The maximum absolute atomic E-state index is 10.5. The van der Waals surface area contributed by atoms with E-state index in [4.69, 9.17) is 0 Å². The van der Waals surface area contributed by atoms with Crippen molar-refractivity contribution in [3.8, 4) is 0 Å². The number of nitrogens with zero attached hydrogens (tertiary/aromatic N) is 3. The number of rotatable bonds is 2. The average molecular weight is 189 g/mol. The fourth-order valence-electron chi connectivity index (χ4n) is 1.32. The lowest BCUT2D eigenvalue weighted by molar-refractivity contribution is 0.111. The highest BCUT2D eigenvalue weighted by Gasteiger charge is 2.01. The zero-order chi connectivity index (χ0) is 10.1. The number of imidazole rings is 1. The topological polar surface area (TPSA) is 37.6 Å². The molecule has 72 valence electrons. The van der Waals surface area contributed by atoms with Crippen molar-refractivity contribution in [2.75, 3.05) is 19.0 Å². The number of carbonyl (C=O) groups excluding carboxylic acids is 1. The molecule has 0 saturated carbocycles. The minimum atomic E-state index is 0.459. The molecule has 4 nitrogen and oxygen atoms in total. The fourth-order valence-corrected chi connectivity index (χ4v) is 1.32. The molecule has 2 aromatic rings. The van der Waals surface area contributed by atoms with E-state index in [0.29, 0.717) is 5.69 Å². The summed E-state index contributed by atoms with van der Waals surface area (Å²) in [5, 5.41) is 0. The standard InChI is InChI=1S/C10H11N3O/c1-12(2)9-3-4-10-11-8(7-14)5-13(10)6-9/h3-7H,1-2H3. The van der Waals surface area contributed by atoms with Gasteiger partial charge in [-0.25, -0.2) is 4.98 Å². The summed E-state index contributed by atoms with van der Waals surface area (Å²) in [5.74, 6) is 0. The minimum absolute atomic E-state index is 0.459. The van der Waals surface area contributed by atoms with Crippen LogP contribution >= 0.6 is 0 Å². The van der Waals surface area contributed by atoms with Crippen molar-refractivity contribution in [3.63, 3.8) is 0 Å². The van der Waals surface area contributed by atoms with Crippen LogP contribution in [0.15, 0.2) is 24.5 Å². The summed E-state index contributed by atoms with van der Waals surface area (Å²) in [4.78, 5) is 16.6.